The fourth-order valence-corrected chi connectivity index (χ4v) is 2.69. The zero-order valence-corrected chi connectivity index (χ0v) is 15.0. The SMILES string of the molecule is Cc1cc(Br)ccc1NC(=O)c1ccc(COc2ccc(F)cc2)o1. The molecule has 0 atom stereocenters. The van der Waals surface area contributed by atoms with Gasteiger partial charge in [0, 0.05) is 10.2 Å². The van der Waals surface area contributed by atoms with Crippen molar-refractivity contribution < 1.29 is 18.3 Å². The molecule has 4 nitrogen and oxygen atoms in total. The van der Waals surface area contributed by atoms with Gasteiger partial charge in [0.2, 0.25) is 0 Å². The van der Waals surface area contributed by atoms with E-state index in [0.717, 1.165) is 10.0 Å². The number of hydrogen-bond acceptors (Lipinski definition) is 3. The normalized spacial score (nSPS) is 10.5. The van der Waals surface area contributed by atoms with E-state index in [1.54, 1.807) is 12.1 Å². The Balaban J connectivity index is 1.62. The van der Waals surface area contributed by atoms with Crippen molar-refractivity contribution >= 4 is 27.5 Å². The van der Waals surface area contributed by atoms with Crippen LogP contribution in [0.2, 0.25) is 0 Å². The fourth-order valence-electron chi connectivity index (χ4n) is 2.21. The first-order valence-corrected chi connectivity index (χ1v) is 8.35. The number of rotatable bonds is 5. The number of anilines is 1. The molecule has 25 heavy (non-hydrogen) atoms. The molecule has 0 aliphatic carbocycles. The van der Waals surface area contributed by atoms with Gasteiger partial charge >= 0.3 is 0 Å². The van der Waals surface area contributed by atoms with Gasteiger partial charge in [0.15, 0.2) is 5.76 Å². The molecule has 1 heterocycles. The lowest BCUT2D eigenvalue weighted by atomic mass is 10.2. The quantitative estimate of drug-likeness (QED) is 0.626. The maximum absolute atomic E-state index is 12.9. The van der Waals surface area contributed by atoms with Gasteiger partial charge in [0.1, 0.15) is 23.9 Å². The predicted octanol–water partition coefficient (Wildman–Crippen LogP) is 5.32. The second-order valence-corrected chi connectivity index (χ2v) is 6.34. The largest absolute Gasteiger partial charge is 0.486 e. The smallest absolute Gasteiger partial charge is 0.291 e. The molecule has 1 aromatic heterocycles. The molecule has 1 N–H and O–H groups in total. The third-order valence-corrected chi connectivity index (χ3v) is 4.01. The molecule has 6 heteroatoms. The van der Waals surface area contributed by atoms with Gasteiger partial charge in [0.05, 0.1) is 0 Å². The fraction of sp³-hybridized carbons (Fsp3) is 0.105. The Morgan fingerprint density at radius 2 is 1.92 bits per heavy atom. The van der Waals surface area contributed by atoms with E-state index in [0.29, 0.717) is 17.2 Å². The monoisotopic (exact) mass is 403 g/mol. The van der Waals surface area contributed by atoms with E-state index in [-0.39, 0.29) is 24.1 Å². The molecule has 0 radical (unpaired) electrons. The van der Waals surface area contributed by atoms with Gasteiger partial charge in [-0.3, -0.25) is 4.79 Å². The molecule has 3 aromatic rings. The van der Waals surface area contributed by atoms with E-state index in [1.165, 1.54) is 24.3 Å². The molecule has 0 fully saturated rings. The molecule has 0 aliphatic heterocycles. The summed E-state index contributed by atoms with van der Waals surface area (Å²) in [6.07, 6.45) is 0. The van der Waals surface area contributed by atoms with Crippen LogP contribution in [-0.2, 0) is 6.61 Å². The number of halogens is 2. The molecule has 0 spiro atoms. The van der Waals surface area contributed by atoms with Crippen molar-refractivity contribution in [3.63, 3.8) is 0 Å². The number of hydrogen-bond donors (Lipinski definition) is 1. The lowest BCUT2D eigenvalue weighted by Crippen LogP contribution is -2.11. The van der Waals surface area contributed by atoms with E-state index in [9.17, 15) is 9.18 Å². The van der Waals surface area contributed by atoms with Gasteiger partial charge < -0.3 is 14.5 Å². The van der Waals surface area contributed by atoms with Crippen molar-refractivity contribution in [2.75, 3.05) is 5.32 Å². The van der Waals surface area contributed by atoms with Crippen LogP contribution >= 0.6 is 15.9 Å². The number of carbonyl (C=O) groups is 1. The zero-order chi connectivity index (χ0) is 17.8. The highest BCUT2D eigenvalue weighted by molar-refractivity contribution is 9.10. The lowest BCUT2D eigenvalue weighted by molar-refractivity contribution is 0.0992. The van der Waals surface area contributed by atoms with Gasteiger partial charge in [-0.2, -0.15) is 0 Å². The zero-order valence-electron chi connectivity index (χ0n) is 13.4. The lowest BCUT2D eigenvalue weighted by Gasteiger charge is -2.07. The maximum atomic E-state index is 12.9. The first-order chi connectivity index (χ1) is 12.0. The minimum Gasteiger partial charge on any atom is -0.486 e. The summed E-state index contributed by atoms with van der Waals surface area (Å²) in [5.41, 5.74) is 1.66. The van der Waals surface area contributed by atoms with Crippen LogP contribution in [0.5, 0.6) is 5.75 Å². The van der Waals surface area contributed by atoms with E-state index >= 15 is 0 Å². The van der Waals surface area contributed by atoms with Crippen LogP contribution in [0.1, 0.15) is 21.9 Å². The summed E-state index contributed by atoms with van der Waals surface area (Å²) in [7, 11) is 0. The number of carbonyl (C=O) groups excluding carboxylic acids is 1. The van der Waals surface area contributed by atoms with Gasteiger partial charge in [0.25, 0.3) is 5.91 Å². The molecule has 128 valence electrons. The van der Waals surface area contributed by atoms with Crippen molar-refractivity contribution in [1.29, 1.82) is 0 Å². The number of furan rings is 1. The number of ether oxygens (including phenoxy) is 1. The highest BCUT2D eigenvalue weighted by atomic mass is 79.9. The molecule has 0 bridgehead atoms. The van der Waals surface area contributed by atoms with Crippen LogP contribution in [0.3, 0.4) is 0 Å². The Morgan fingerprint density at radius 3 is 2.64 bits per heavy atom. The van der Waals surface area contributed by atoms with Crippen LogP contribution in [0.25, 0.3) is 0 Å². The second kappa shape index (κ2) is 7.53. The molecule has 0 saturated heterocycles. The van der Waals surface area contributed by atoms with E-state index in [1.807, 2.05) is 25.1 Å². The number of amides is 1. The van der Waals surface area contributed by atoms with Gasteiger partial charge in [-0.05, 0) is 67.1 Å². The minimum absolute atomic E-state index is 0.149. The van der Waals surface area contributed by atoms with Crippen LogP contribution in [-0.4, -0.2) is 5.91 Å². The first kappa shape index (κ1) is 17.2. The summed E-state index contributed by atoms with van der Waals surface area (Å²) in [6, 6.07) is 14.5. The third kappa shape index (κ3) is 4.48. The second-order valence-electron chi connectivity index (χ2n) is 5.42. The standard InChI is InChI=1S/C19H15BrFNO3/c1-12-10-13(20)2-8-17(12)22-19(23)18-9-7-16(25-18)11-24-15-5-3-14(21)4-6-15/h2-10H,11H2,1H3,(H,22,23). The number of aryl methyl sites for hydroxylation is 1. The third-order valence-electron chi connectivity index (χ3n) is 3.52. The Bertz CT molecular complexity index is 890. The van der Waals surface area contributed by atoms with Gasteiger partial charge in [-0.15, -0.1) is 0 Å². The average molecular weight is 404 g/mol. The molecular formula is C19H15BrFNO3. The molecular weight excluding hydrogens is 389 g/mol. The van der Waals surface area contributed by atoms with Gasteiger partial charge in [-0.25, -0.2) is 4.39 Å². The van der Waals surface area contributed by atoms with E-state index in [2.05, 4.69) is 21.2 Å². The summed E-state index contributed by atoms with van der Waals surface area (Å²) in [5.74, 6) is 0.558. The average Bonchev–Trinajstić information content (AvgIpc) is 3.06. The summed E-state index contributed by atoms with van der Waals surface area (Å²) in [6.45, 7) is 2.06. The Morgan fingerprint density at radius 1 is 1.16 bits per heavy atom. The number of nitrogens with one attached hydrogen (secondary N) is 1. The van der Waals surface area contributed by atoms with Crippen molar-refractivity contribution in [2.24, 2.45) is 0 Å². The van der Waals surface area contributed by atoms with Crippen molar-refractivity contribution in [2.45, 2.75) is 13.5 Å². The van der Waals surface area contributed by atoms with E-state index < -0.39 is 0 Å². The molecule has 1 amide bonds. The first-order valence-electron chi connectivity index (χ1n) is 7.56. The van der Waals surface area contributed by atoms with Crippen molar-refractivity contribution in [1.82, 2.24) is 0 Å². The summed E-state index contributed by atoms with van der Waals surface area (Å²) >= 11 is 3.39. The highest BCUT2D eigenvalue weighted by Crippen LogP contribution is 2.21. The minimum atomic E-state index is -0.335. The van der Waals surface area contributed by atoms with Crippen LogP contribution in [0.4, 0.5) is 10.1 Å². The number of benzene rings is 2. The molecule has 3 rings (SSSR count). The molecule has 0 saturated carbocycles. The molecule has 0 aliphatic rings. The van der Waals surface area contributed by atoms with Crippen LogP contribution in [0.15, 0.2) is 63.5 Å². The van der Waals surface area contributed by atoms with Gasteiger partial charge in [-0.1, -0.05) is 15.9 Å². The summed E-state index contributed by atoms with van der Waals surface area (Å²) < 4.78 is 24.8. The Hall–Kier alpha value is -2.60. The van der Waals surface area contributed by atoms with E-state index in [4.69, 9.17) is 9.15 Å². The van der Waals surface area contributed by atoms with Crippen LogP contribution < -0.4 is 10.1 Å². The molecule has 0 unspecified atom stereocenters. The Kier molecular flexibility index (Phi) is 5.19. The maximum Gasteiger partial charge on any atom is 0.291 e. The summed E-state index contributed by atoms with van der Waals surface area (Å²) in [4.78, 5) is 12.3. The van der Waals surface area contributed by atoms with Crippen LogP contribution in [0, 0.1) is 12.7 Å². The van der Waals surface area contributed by atoms with Crippen molar-refractivity contribution in [3.8, 4) is 5.75 Å². The van der Waals surface area contributed by atoms with Crippen molar-refractivity contribution in [3.05, 3.63) is 82.0 Å². The topological polar surface area (TPSA) is 51.5 Å². The Labute approximate surface area is 152 Å². The highest BCUT2D eigenvalue weighted by Gasteiger charge is 2.13. The molecule has 2 aromatic carbocycles. The summed E-state index contributed by atoms with van der Waals surface area (Å²) in [5, 5.41) is 2.81. The predicted molar refractivity (Wildman–Crippen MR) is 96.3 cm³/mol.